The van der Waals surface area contributed by atoms with E-state index in [0.29, 0.717) is 5.92 Å². The fourth-order valence-corrected chi connectivity index (χ4v) is 4.18. The smallest absolute Gasteiger partial charge is 0.0118 e. The van der Waals surface area contributed by atoms with Gasteiger partial charge in [-0.2, -0.15) is 0 Å². The van der Waals surface area contributed by atoms with Gasteiger partial charge < -0.3 is 4.90 Å². The van der Waals surface area contributed by atoms with Gasteiger partial charge in [0.25, 0.3) is 0 Å². The van der Waals surface area contributed by atoms with Crippen LogP contribution in [0.1, 0.15) is 56.1 Å². The summed E-state index contributed by atoms with van der Waals surface area (Å²) in [4.78, 5) is 2.69. The SMILES string of the molecule is CCCCN1CCCC(C(c2ccccc2)c2ccccc2)CC1. The molecule has 1 fully saturated rings. The minimum Gasteiger partial charge on any atom is -0.303 e. The summed E-state index contributed by atoms with van der Waals surface area (Å²) >= 11 is 0. The largest absolute Gasteiger partial charge is 0.303 e. The van der Waals surface area contributed by atoms with E-state index in [2.05, 4.69) is 72.5 Å². The Morgan fingerprint density at radius 3 is 2.08 bits per heavy atom. The lowest BCUT2D eigenvalue weighted by molar-refractivity contribution is 0.274. The van der Waals surface area contributed by atoms with Crippen molar-refractivity contribution in [2.75, 3.05) is 19.6 Å². The van der Waals surface area contributed by atoms with Crippen molar-refractivity contribution in [3.8, 4) is 0 Å². The first-order valence-electron chi connectivity index (χ1n) is 9.70. The first-order valence-corrected chi connectivity index (χ1v) is 9.70. The van der Waals surface area contributed by atoms with Gasteiger partial charge in [0, 0.05) is 5.92 Å². The van der Waals surface area contributed by atoms with Crippen LogP contribution in [-0.2, 0) is 0 Å². The van der Waals surface area contributed by atoms with Gasteiger partial charge in [-0.05, 0) is 62.4 Å². The number of unbranched alkanes of at least 4 members (excludes halogenated alkanes) is 1. The van der Waals surface area contributed by atoms with E-state index in [-0.39, 0.29) is 0 Å². The fraction of sp³-hybridized carbons (Fsp3) is 0.478. The van der Waals surface area contributed by atoms with E-state index < -0.39 is 0 Å². The number of likely N-dealkylation sites (tertiary alicyclic amines) is 1. The van der Waals surface area contributed by atoms with Gasteiger partial charge in [-0.15, -0.1) is 0 Å². The Kier molecular flexibility index (Phi) is 6.48. The number of rotatable bonds is 6. The topological polar surface area (TPSA) is 3.24 Å². The molecule has 1 saturated heterocycles. The van der Waals surface area contributed by atoms with E-state index in [0.717, 1.165) is 5.92 Å². The summed E-state index contributed by atoms with van der Waals surface area (Å²) in [7, 11) is 0. The molecule has 128 valence electrons. The number of hydrogen-bond donors (Lipinski definition) is 0. The Labute approximate surface area is 147 Å². The predicted octanol–water partition coefficient (Wildman–Crippen LogP) is 5.72. The number of benzene rings is 2. The molecule has 1 aliphatic heterocycles. The molecule has 0 N–H and O–H groups in total. The molecule has 1 atom stereocenters. The van der Waals surface area contributed by atoms with Crippen molar-refractivity contribution in [1.82, 2.24) is 4.90 Å². The molecule has 0 amide bonds. The van der Waals surface area contributed by atoms with Crippen LogP contribution in [0, 0.1) is 5.92 Å². The van der Waals surface area contributed by atoms with Crippen molar-refractivity contribution < 1.29 is 0 Å². The van der Waals surface area contributed by atoms with Crippen LogP contribution >= 0.6 is 0 Å². The second kappa shape index (κ2) is 9.03. The Morgan fingerprint density at radius 1 is 0.875 bits per heavy atom. The van der Waals surface area contributed by atoms with Crippen LogP contribution in [-0.4, -0.2) is 24.5 Å². The third-order valence-corrected chi connectivity index (χ3v) is 5.48. The van der Waals surface area contributed by atoms with Gasteiger partial charge in [-0.3, -0.25) is 0 Å². The van der Waals surface area contributed by atoms with Crippen molar-refractivity contribution in [1.29, 1.82) is 0 Å². The molecule has 0 aliphatic carbocycles. The van der Waals surface area contributed by atoms with Crippen LogP contribution in [0.3, 0.4) is 0 Å². The Bertz CT molecular complexity index is 538. The summed E-state index contributed by atoms with van der Waals surface area (Å²) in [5.74, 6) is 1.29. The minimum absolute atomic E-state index is 0.540. The summed E-state index contributed by atoms with van der Waals surface area (Å²) in [6.45, 7) is 6.12. The Hall–Kier alpha value is -1.60. The molecule has 1 heterocycles. The molecular weight excluding hydrogens is 290 g/mol. The summed E-state index contributed by atoms with van der Waals surface area (Å²) in [5, 5.41) is 0. The highest BCUT2D eigenvalue weighted by atomic mass is 15.1. The van der Waals surface area contributed by atoms with Gasteiger partial charge in [0.15, 0.2) is 0 Å². The molecule has 2 aromatic carbocycles. The number of nitrogens with zero attached hydrogens (tertiary/aromatic N) is 1. The summed E-state index contributed by atoms with van der Waals surface area (Å²) < 4.78 is 0. The Morgan fingerprint density at radius 2 is 1.50 bits per heavy atom. The predicted molar refractivity (Wildman–Crippen MR) is 103 cm³/mol. The summed E-state index contributed by atoms with van der Waals surface area (Å²) in [6, 6.07) is 22.3. The summed E-state index contributed by atoms with van der Waals surface area (Å²) in [5.41, 5.74) is 2.96. The lowest BCUT2D eigenvalue weighted by Gasteiger charge is -2.27. The fourth-order valence-electron chi connectivity index (χ4n) is 4.18. The van der Waals surface area contributed by atoms with Gasteiger partial charge in [-0.25, -0.2) is 0 Å². The highest BCUT2D eigenvalue weighted by Crippen LogP contribution is 2.37. The zero-order valence-corrected chi connectivity index (χ0v) is 15.0. The van der Waals surface area contributed by atoms with Crippen molar-refractivity contribution in [2.24, 2.45) is 5.92 Å². The third kappa shape index (κ3) is 4.48. The van der Waals surface area contributed by atoms with Crippen LogP contribution in [0.15, 0.2) is 60.7 Å². The van der Waals surface area contributed by atoms with E-state index >= 15 is 0 Å². The van der Waals surface area contributed by atoms with Crippen molar-refractivity contribution in [3.05, 3.63) is 71.8 Å². The normalized spacial score (nSPS) is 19.3. The van der Waals surface area contributed by atoms with Crippen molar-refractivity contribution >= 4 is 0 Å². The van der Waals surface area contributed by atoms with Crippen LogP contribution in [0.2, 0.25) is 0 Å². The van der Waals surface area contributed by atoms with Crippen molar-refractivity contribution in [3.63, 3.8) is 0 Å². The van der Waals surface area contributed by atoms with Gasteiger partial charge in [0.1, 0.15) is 0 Å². The van der Waals surface area contributed by atoms with E-state index in [4.69, 9.17) is 0 Å². The van der Waals surface area contributed by atoms with Gasteiger partial charge in [0.05, 0.1) is 0 Å². The molecule has 0 spiro atoms. The second-order valence-electron chi connectivity index (χ2n) is 7.19. The lowest BCUT2D eigenvalue weighted by Crippen LogP contribution is -2.26. The van der Waals surface area contributed by atoms with E-state index in [1.807, 2.05) is 0 Å². The highest BCUT2D eigenvalue weighted by molar-refractivity contribution is 5.33. The number of hydrogen-bond acceptors (Lipinski definition) is 1. The standard InChI is InChI=1S/C23H31N/c1-2-3-17-24-18-10-15-22(16-19-24)23(20-11-6-4-7-12-20)21-13-8-5-9-14-21/h4-9,11-14,22-23H,2-3,10,15-19H2,1H3. The molecular formula is C23H31N. The Balaban J connectivity index is 1.79. The molecule has 24 heavy (non-hydrogen) atoms. The molecule has 2 aromatic rings. The average Bonchev–Trinajstić information content (AvgIpc) is 2.88. The van der Waals surface area contributed by atoms with E-state index in [1.165, 1.54) is 62.9 Å². The van der Waals surface area contributed by atoms with Crippen molar-refractivity contribution in [2.45, 2.75) is 44.9 Å². The zero-order chi connectivity index (χ0) is 16.6. The zero-order valence-electron chi connectivity index (χ0n) is 15.0. The van der Waals surface area contributed by atoms with Crippen LogP contribution < -0.4 is 0 Å². The maximum atomic E-state index is 2.69. The molecule has 0 saturated carbocycles. The molecule has 1 heteroatoms. The van der Waals surface area contributed by atoms with Gasteiger partial charge >= 0.3 is 0 Å². The summed E-state index contributed by atoms with van der Waals surface area (Å²) in [6.07, 6.45) is 6.64. The molecule has 0 radical (unpaired) electrons. The van der Waals surface area contributed by atoms with E-state index in [9.17, 15) is 0 Å². The molecule has 0 bridgehead atoms. The molecule has 1 aliphatic rings. The second-order valence-corrected chi connectivity index (χ2v) is 7.19. The molecule has 1 nitrogen and oxygen atoms in total. The lowest BCUT2D eigenvalue weighted by atomic mass is 9.77. The molecule has 3 rings (SSSR count). The maximum absolute atomic E-state index is 2.69. The van der Waals surface area contributed by atoms with Crippen LogP contribution in [0.25, 0.3) is 0 Å². The van der Waals surface area contributed by atoms with Gasteiger partial charge in [-0.1, -0.05) is 74.0 Å². The molecule has 1 unspecified atom stereocenters. The first-order chi connectivity index (χ1) is 11.9. The van der Waals surface area contributed by atoms with Gasteiger partial charge in [0.2, 0.25) is 0 Å². The average molecular weight is 322 g/mol. The quantitative estimate of drug-likeness (QED) is 0.657. The third-order valence-electron chi connectivity index (χ3n) is 5.48. The first kappa shape index (κ1) is 17.2. The molecule has 0 aromatic heterocycles. The monoisotopic (exact) mass is 321 g/mol. The minimum atomic E-state index is 0.540. The highest BCUT2D eigenvalue weighted by Gasteiger charge is 2.27. The van der Waals surface area contributed by atoms with Crippen LogP contribution in [0.5, 0.6) is 0 Å². The van der Waals surface area contributed by atoms with E-state index in [1.54, 1.807) is 0 Å². The maximum Gasteiger partial charge on any atom is 0.0118 e. The van der Waals surface area contributed by atoms with Crippen LogP contribution in [0.4, 0.5) is 0 Å².